The molecule has 17 heavy (non-hydrogen) atoms. The van der Waals surface area contributed by atoms with Crippen molar-refractivity contribution in [2.45, 2.75) is 36.4 Å². The minimum absolute atomic E-state index is 0.114. The zero-order valence-corrected chi connectivity index (χ0v) is 10.7. The number of amides is 1. The Labute approximate surface area is 102 Å². The van der Waals surface area contributed by atoms with Gasteiger partial charge in [0.05, 0.1) is 11.8 Å². The molecule has 7 nitrogen and oxygen atoms in total. The van der Waals surface area contributed by atoms with Gasteiger partial charge in [0.1, 0.15) is 6.04 Å². The molecule has 2 aliphatic heterocycles. The largest absolute Gasteiger partial charge is 0.449 e. The number of nitrogens with zero attached hydrogens (tertiary/aromatic N) is 1. The van der Waals surface area contributed by atoms with Gasteiger partial charge in [0, 0.05) is 4.75 Å². The normalized spacial score (nSPS) is 30.8. The van der Waals surface area contributed by atoms with Gasteiger partial charge in [0.25, 0.3) is 0 Å². The highest BCUT2D eigenvalue weighted by Crippen LogP contribution is 2.50. The summed E-state index contributed by atoms with van der Waals surface area (Å²) >= 11 is 1.41. The van der Waals surface area contributed by atoms with Crippen LogP contribution in [0.2, 0.25) is 0 Å². The van der Waals surface area contributed by atoms with E-state index in [1.165, 1.54) is 16.7 Å². The van der Waals surface area contributed by atoms with Crippen molar-refractivity contribution < 1.29 is 26.7 Å². The van der Waals surface area contributed by atoms with Crippen LogP contribution in [-0.2, 0) is 24.2 Å². The Bertz CT molecular complexity index is 484. The molecule has 1 amide bonds. The molecule has 0 spiro atoms. The molecule has 2 heterocycles. The van der Waals surface area contributed by atoms with Gasteiger partial charge < -0.3 is 9.08 Å². The van der Waals surface area contributed by atoms with Gasteiger partial charge in [-0.3, -0.25) is 9.35 Å². The molecule has 2 rings (SSSR count). The van der Waals surface area contributed by atoms with Crippen LogP contribution in [0.25, 0.3) is 0 Å². The van der Waals surface area contributed by atoms with Gasteiger partial charge in [-0.05, 0) is 13.8 Å². The van der Waals surface area contributed by atoms with Crippen molar-refractivity contribution in [2.75, 3.05) is 0 Å². The number of hydrogen-bond acceptors (Lipinski definition) is 6. The molecule has 0 aromatic carbocycles. The van der Waals surface area contributed by atoms with Gasteiger partial charge in [0.2, 0.25) is 5.91 Å². The summed E-state index contributed by atoms with van der Waals surface area (Å²) in [6, 6.07) is -0.985. The van der Waals surface area contributed by atoms with E-state index >= 15 is 0 Å². The molecule has 9 heteroatoms. The lowest BCUT2D eigenvalue weighted by atomic mass is 9.98. The molecular weight excluding hydrogens is 270 g/mol. The molecule has 0 bridgehead atoms. The Morgan fingerprint density at radius 3 is 2.65 bits per heavy atom. The van der Waals surface area contributed by atoms with E-state index in [9.17, 15) is 18.0 Å². The van der Waals surface area contributed by atoms with Crippen LogP contribution in [0.4, 0.5) is 0 Å². The Balaban J connectivity index is 2.24. The van der Waals surface area contributed by atoms with Crippen molar-refractivity contribution in [3.8, 4) is 0 Å². The van der Waals surface area contributed by atoms with Gasteiger partial charge in [-0.1, -0.05) is 0 Å². The molecule has 96 valence electrons. The lowest BCUT2D eigenvalue weighted by Crippen LogP contribution is -2.57. The maximum Gasteiger partial charge on any atom is 0.449 e. The van der Waals surface area contributed by atoms with Gasteiger partial charge >= 0.3 is 16.4 Å². The second-order valence-electron chi connectivity index (χ2n) is 4.41. The summed E-state index contributed by atoms with van der Waals surface area (Å²) in [6.45, 7) is 3.44. The predicted molar refractivity (Wildman–Crippen MR) is 58.3 cm³/mol. The second kappa shape index (κ2) is 3.59. The number of hydrogen-bond donors (Lipinski definition) is 1. The van der Waals surface area contributed by atoms with Crippen LogP contribution in [-0.4, -0.2) is 45.9 Å². The lowest BCUT2D eigenvalue weighted by Gasteiger charge is -2.36. The summed E-state index contributed by atoms with van der Waals surface area (Å²) < 4.78 is 32.8. The first-order valence-corrected chi connectivity index (χ1v) is 7.06. The number of β-lactam (4-membered cyclic amide) rings is 1. The van der Waals surface area contributed by atoms with Crippen LogP contribution in [0.1, 0.15) is 20.3 Å². The smallest absolute Gasteiger partial charge is 0.323 e. The monoisotopic (exact) mass is 281 g/mol. The summed E-state index contributed by atoms with van der Waals surface area (Å²) in [5, 5.41) is -0.114. The molecule has 0 radical (unpaired) electrons. The minimum atomic E-state index is -4.84. The van der Waals surface area contributed by atoms with Crippen molar-refractivity contribution in [3.05, 3.63) is 0 Å². The van der Waals surface area contributed by atoms with Crippen molar-refractivity contribution in [1.82, 2.24) is 4.90 Å². The van der Waals surface area contributed by atoms with E-state index in [4.69, 9.17) is 4.55 Å². The third kappa shape index (κ3) is 2.14. The number of thioether (sulfide) groups is 1. The zero-order valence-electron chi connectivity index (χ0n) is 9.11. The highest BCUT2D eigenvalue weighted by Gasteiger charge is 2.59. The fourth-order valence-corrected chi connectivity index (χ4v) is 4.02. The topological polar surface area (TPSA) is 101 Å². The van der Waals surface area contributed by atoms with Gasteiger partial charge in [-0.25, -0.2) is 4.79 Å². The van der Waals surface area contributed by atoms with Crippen molar-refractivity contribution >= 4 is 34.0 Å². The van der Waals surface area contributed by atoms with E-state index in [1.54, 1.807) is 13.8 Å². The fourth-order valence-electron chi connectivity index (χ4n) is 2.11. The highest BCUT2D eigenvalue weighted by atomic mass is 32.3. The molecule has 0 aromatic rings. The molecule has 2 fully saturated rings. The molecule has 2 atom stereocenters. The summed E-state index contributed by atoms with van der Waals surface area (Å²) in [7, 11) is -4.84. The second-order valence-corrected chi connectivity index (χ2v) is 7.27. The molecular formula is C8H11NO6S2. The van der Waals surface area contributed by atoms with Gasteiger partial charge in [-0.2, -0.15) is 8.42 Å². The molecule has 2 aliphatic rings. The van der Waals surface area contributed by atoms with Crippen molar-refractivity contribution in [3.63, 3.8) is 0 Å². The number of carbonyl (C=O) groups is 2. The first kappa shape index (κ1) is 12.7. The van der Waals surface area contributed by atoms with Crippen LogP contribution in [0.3, 0.4) is 0 Å². The van der Waals surface area contributed by atoms with Crippen LogP contribution in [0, 0.1) is 0 Å². The quantitative estimate of drug-likeness (QED) is 0.551. The molecule has 0 unspecified atom stereocenters. The average Bonchev–Trinajstić information content (AvgIpc) is 2.30. The van der Waals surface area contributed by atoms with Crippen LogP contribution < -0.4 is 0 Å². The van der Waals surface area contributed by atoms with Crippen LogP contribution >= 0.6 is 11.8 Å². The number of carbonyl (C=O) groups excluding carboxylic acids is 2. The lowest BCUT2D eigenvalue weighted by molar-refractivity contribution is -0.155. The third-order valence-corrected chi connectivity index (χ3v) is 4.61. The van der Waals surface area contributed by atoms with Crippen LogP contribution in [0.5, 0.6) is 0 Å². The SMILES string of the molecule is CC1(C)S[C@@H]2CC(=O)N2[C@H]1C(=O)OS(=O)(=O)O. The molecule has 0 saturated carbocycles. The molecule has 0 aromatic heterocycles. The standard InChI is InChI=1S/C8H11NO6S2/c1-8(2)6(7(11)15-17(12,13)14)9-4(10)3-5(9)16-8/h5-6H,3H2,1-2H3,(H,12,13,14)/t5-,6+/m1/s1. The van der Waals surface area contributed by atoms with Gasteiger partial charge in [-0.15, -0.1) is 11.8 Å². The molecule has 1 N–H and O–H groups in total. The Morgan fingerprint density at radius 2 is 2.18 bits per heavy atom. The fraction of sp³-hybridized carbons (Fsp3) is 0.750. The van der Waals surface area contributed by atoms with E-state index in [0.717, 1.165) is 0 Å². The number of rotatable bonds is 2. The van der Waals surface area contributed by atoms with Crippen LogP contribution in [0.15, 0.2) is 0 Å². The maximum absolute atomic E-state index is 11.6. The summed E-state index contributed by atoms with van der Waals surface area (Å²) in [5.41, 5.74) is 0. The maximum atomic E-state index is 11.6. The van der Waals surface area contributed by atoms with E-state index in [2.05, 4.69) is 4.18 Å². The first-order chi connectivity index (χ1) is 7.62. The zero-order chi connectivity index (χ0) is 13.0. The Morgan fingerprint density at radius 1 is 1.59 bits per heavy atom. The van der Waals surface area contributed by atoms with E-state index in [-0.39, 0.29) is 11.3 Å². The van der Waals surface area contributed by atoms with E-state index < -0.39 is 27.2 Å². The third-order valence-electron chi connectivity index (χ3n) is 2.73. The minimum Gasteiger partial charge on any atom is -0.323 e. The molecule has 0 aliphatic carbocycles. The Kier molecular flexibility index (Phi) is 2.68. The van der Waals surface area contributed by atoms with Crippen molar-refractivity contribution in [1.29, 1.82) is 0 Å². The van der Waals surface area contributed by atoms with Crippen molar-refractivity contribution in [2.24, 2.45) is 0 Å². The number of fused-ring (bicyclic) bond motifs is 1. The Hall–Kier alpha value is -0.800. The van der Waals surface area contributed by atoms with E-state index in [0.29, 0.717) is 6.42 Å². The summed E-state index contributed by atoms with van der Waals surface area (Å²) in [5.74, 6) is -1.34. The van der Waals surface area contributed by atoms with E-state index in [1.807, 2.05) is 0 Å². The van der Waals surface area contributed by atoms with Gasteiger partial charge in [0.15, 0.2) is 0 Å². The first-order valence-electron chi connectivity index (χ1n) is 4.81. The average molecular weight is 281 g/mol. The summed E-state index contributed by atoms with van der Waals surface area (Å²) in [6.07, 6.45) is 0.337. The summed E-state index contributed by atoms with van der Waals surface area (Å²) in [4.78, 5) is 24.3. The highest BCUT2D eigenvalue weighted by molar-refractivity contribution is 8.01. The molecule has 2 saturated heterocycles. The predicted octanol–water partition coefficient (Wildman–Crippen LogP) is -0.215.